The van der Waals surface area contributed by atoms with Crippen molar-refractivity contribution in [1.82, 2.24) is 15.1 Å². The van der Waals surface area contributed by atoms with Crippen molar-refractivity contribution < 1.29 is 24.6 Å². The van der Waals surface area contributed by atoms with Crippen LogP contribution in [0, 0.1) is 0 Å². The van der Waals surface area contributed by atoms with Gasteiger partial charge in [-0.25, -0.2) is 0 Å². The fourth-order valence-electron chi connectivity index (χ4n) is 4.60. The Morgan fingerprint density at radius 1 is 0.800 bits per heavy atom. The molecule has 3 heterocycles. The molecule has 0 radical (unpaired) electrons. The average molecular weight is 491 g/mol. The fraction of sp³-hybridized carbons (Fsp3) is 0.654. The lowest BCUT2D eigenvalue weighted by atomic mass is 10.0. The van der Waals surface area contributed by atoms with E-state index in [0.29, 0.717) is 0 Å². The summed E-state index contributed by atoms with van der Waals surface area (Å²) in [6.45, 7) is 2.81. The van der Waals surface area contributed by atoms with Gasteiger partial charge in [0.15, 0.2) is 0 Å². The first-order valence-corrected chi connectivity index (χ1v) is 12.7. The number of aliphatic carboxylic acids is 2. The monoisotopic (exact) mass is 490 g/mol. The van der Waals surface area contributed by atoms with E-state index in [1.165, 1.54) is 6.42 Å². The number of carbonyl (C=O) groups excluding carboxylic acids is 1. The van der Waals surface area contributed by atoms with E-state index in [-0.39, 0.29) is 24.0 Å². The van der Waals surface area contributed by atoms with Gasteiger partial charge in [0.2, 0.25) is 5.91 Å². The standard InChI is InChI=1S/C13H18N2O.C7H13NO2.C6H11NO2/c1-15-10-6-5-9-12(15)13(16)14-11-7-3-2-4-8-11;1-8-5-3-2-4-6(8)7(9)10;8-6(9)5-3-1-2-4-7-5/h2-4,7-8,12H,5-6,9-10H2,1H3,(H,14,16);6H,2-5H2,1H3,(H,9,10);5,7H,1-4H2,(H,8,9)/t12-;6-;5-/m111/s1. The zero-order valence-electron chi connectivity index (χ0n) is 21.1. The largest absolute Gasteiger partial charge is 0.480 e. The van der Waals surface area contributed by atoms with E-state index >= 15 is 0 Å². The lowest BCUT2D eigenvalue weighted by Crippen LogP contribution is -2.44. The predicted octanol–water partition coefficient (Wildman–Crippen LogP) is 2.88. The average Bonchev–Trinajstić information content (AvgIpc) is 2.86. The third-order valence-electron chi connectivity index (χ3n) is 6.78. The Morgan fingerprint density at radius 2 is 1.37 bits per heavy atom. The number of nitrogens with zero attached hydrogens (tertiary/aromatic N) is 2. The van der Waals surface area contributed by atoms with Crippen molar-refractivity contribution >= 4 is 23.5 Å². The molecule has 3 atom stereocenters. The maximum atomic E-state index is 12.0. The zero-order chi connectivity index (χ0) is 25.6. The molecule has 3 saturated heterocycles. The highest BCUT2D eigenvalue weighted by atomic mass is 16.4. The number of carboxylic acids is 2. The van der Waals surface area contributed by atoms with Crippen LogP contribution in [-0.4, -0.2) is 89.7 Å². The maximum absolute atomic E-state index is 12.0. The number of carbonyl (C=O) groups is 3. The number of rotatable bonds is 4. The van der Waals surface area contributed by atoms with Crippen LogP contribution in [0.3, 0.4) is 0 Å². The Kier molecular flexibility index (Phi) is 12.7. The molecule has 0 aliphatic carbocycles. The Bertz CT molecular complexity index is 785. The van der Waals surface area contributed by atoms with Crippen LogP contribution in [0.1, 0.15) is 57.8 Å². The molecule has 0 unspecified atom stereocenters. The molecule has 3 aliphatic rings. The quantitative estimate of drug-likeness (QED) is 0.508. The molecule has 4 N–H and O–H groups in total. The second-order valence-corrected chi connectivity index (χ2v) is 9.52. The molecule has 0 bridgehead atoms. The summed E-state index contributed by atoms with van der Waals surface area (Å²) < 4.78 is 0. The predicted molar refractivity (Wildman–Crippen MR) is 137 cm³/mol. The fourth-order valence-corrected chi connectivity index (χ4v) is 4.60. The van der Waals surface area contributed by atoms with Crippen molar-refractivity contribution in [3.63, 3.8) is 0 Å². The highest BCUT2D eigenvalue weighted by molar-refractivity contribution is 5.94. The van der Waals surface area contributed by atoms with Crippen molar-refractivity contribution in [2.75, 3.05) is 39.0 Å². The van der Waals surface area contributed by atoms with E-state index < -0.39 is 11.9 Å². The van der Waals surface area contributed by atoms with E-state index in [2.05, 4.69) is 15.5 Å². The van der Waals surface area contributed by atoms with Crippen LogP contribution in [0.4, 0.5) is 5.69 Å². The smallest absolute Gasteiger partial charge is 0.320 e. The number of amides is 1. The number of anilines is 1. The van der Waals surface area contributed by atoms with Gasteiger partial charge in [0.1, 0.15) is 12.1 Å². The normalized spacial score (nSPS) is 25.1. The molecule has 4 rings (SSSR count). The first-order chi connectivity index (χ1) is 16.8. The minimum atomic E-state index is -0.713. The Morgan fingerprint density at radius 3 is 1.80 bits per heavy atom. The third kappa shape index (κ3) is 10.3. The van der Waals surface area contributed by atoms with E-state index in [1.807, 2.05) is 49.3 Å². The van der Waals surface area contributed by atoms with Gasteiger partial charge in [-0.1, -0.05) is 37.5 Å². The Hall–Kier alpha value is -2.49. The number of likely N-dealkylation sites (N-methyl/N-ethyl adjacent to an activating group) is 2. The van der Waals surface area contributed by atoms with Gasteiger partial charge in [0, 0.05) is 5.69 Å². The van der Waals surface area contributed by atoms with Gasteiger partial charge in [0.05, 0.1) is 6.04 Å². The van der Waals surface area contributed by atoms with Crippen LogP contribution in [0.5, 0.6) is 0 Å². The number of likely N-dealkylation sites (tertiary alicyclic amines) is 2. The van der Waals surface area contributed by atoms with E-state index in [1.54, 1.807) is 0 Å². The first-order valence-electron chi connectivity index (χ1n) is 12.7. The van der Waals surface area contributed by atoms with Crippen LogP contribution < -0.4 is 10.6 Å². The first kappa shape index (κ1) is 28.7. The van der Waals surface area contributed by atoms with Crippen molar-refractivity contribution in [2.24, 2.45) is 0 Å². The van der Waals surface area contributed by atoms with Crippen LogP contribution in [0.25, 0.3) is 0 Å². The van der Waals surface area contributed by atoms with E-state index in [0.717, 1.165) is 76.7 Å². The summed E-state index contributed by atoms with van der Waals surface area (Å²) in [5.74, 6) is -1.27. The van der Waals surface area contributed by atoms with Crippen molar-refractivity contribution in [1.29, 1.82) is 0 Å². The number of hydrogen-bond donors (Lipinski definition) is 4. The zero-order valence-corrected chi connectivity index (χ0v) is 21.1. The van der Waals surface area contributed by atoms with Crippen LogP contribution in [-0.2, 0) is 14.4 Å². The molecule has 0 aromatic heterocycles. The third-order valence-corrected chi connectivity index (χ3v) is 6.78. The van der Waals surface area contributed by atoms with Gasteiger partial charge in [0.25, 0.3) is 0 Å². The molecule has 1 aromatic carbocycles. The molecule has 0 spiro atoms. The summed E-state index contributed by atoms with van der Waals surface area (Å²) in [5.41, 5.74) is 0.881. The minimum Gasteiger partial charge on any atom is -0.480 e. The van der Waals surface area contributed by atoms with Gasteiger partial charge in [-0.3, -0.25) is 24.2 Å². The van der Waals surface area contributed by atoms with Crippen molar-refractivity contribution in [3.05, 3.63) is 30.3 Å². The number of nitrogens with one attached hydrogen (secondary N) is 2. The molecule has 35 heavy (non-hydrogen) atoms. The topological polar surface area (TPSA) is 122 Å². The molecule has 0 saturated carbocycles. The van der Waals surface area contributed by atoms with Gasteiger partial charge < -0.3 is 20.8 Å². The molecule has 1 amide bonds. The number of hydrogen-bond acceptors (Lipinski definition) is 6. The van der Waals surface area contributed by atoms with Crippen LogP contribution in [0.15, 0.2) is 30.3 Å². The maximum Gasteiger partial charge on any atom is 0.320 e. The lowest BCUT2D eigenvalue weighted by Gasteiger charge is -2.31. The highest BCUT2D eigenvalue weighted by Crippen LogP contribution is 2.17. The second kappa shape index (κ2) is 15.5. The summed E-state index contributed by atoms with van der Waals surface area (Å²) in [5, 5.41) is 23.0. The van der Waals surface area contributed by atoms with Crippen molar-refractivity contribution in [2.45, 2.75) is 75.9 Å². The van der Waals surface area contributed by atoms with Crippen LogP contribution >= 0.6 is 0 Å². The molecule has 1 aromatic rings. The Balaban J connectivity index is 0.000000197. The van der Waals surface area contributed by atoms with Gasteiger partial charge in [-0.05, 0) is 84.4 Å². The lowest BCUT2D eigenvalue weighted by molar-refractivity contribution is -0.144. The number of piperidine rings is 3. The SMILES string of the molecule is CN1CCCC[C@@H]1C(=O)Nc1ccccc1.CN1CCCC[C@@H]1C(=O)O.O=C(O)[C@H]1CCCCN1. The Labute approximate surface area is 208 Å². The second-order valence-electron chi connectivity index (χ2n) is 9.52. The highest BCUT2D eigenvalue weighted by Gasteiger charge is 2.26. The number of para-hydroxylation sites is 1. The summed E-state index contributed by atoms with van der Waals surface area (Å²) >= 11 is 0. The number of carboxylic acid groups (broad SMARTS) is 2. The molecular weight excluding hydrogens is 448 g/mol. The van der Waals surface area contributed by atoms with Gasteiger partial charge >= 0.3 is 11.9 Å². The summed E-state index contributed by atoms with van der Waals surface area (Å²) in [6, 6.07) is 9.17. The number of benzene rings is 1. The molecule has 3 aliphatic heterocycles. The van der Waals surface area contributed by atoms with Crippen LogP contribution in [0.2, 0.25) is 0 Å². The molecule has 9 nitrogen and oxygen atoms in total. The minimum absolute atomic E-state index is 0.0361. The van der Waals surface area contributed by atoms with E-state index in [9.17, 15) is 14.4 Å². The van der Waals surface area contributed by atoms with Crippen molar-refractivity contribution in [3.8, 4) is 0 Å². The van der Waals surface area contributed by atoms with Gasteiger partial charge in [-0.2, -0.15) is 0 Å². The molecular formula is C26H42N4O5. The summed E-state index contributed by atoms with van der Waals surface area (Å²) in [4.78, 5) is 36.9. The molecule has 3 fully saturated rings. The molecule has 9 heteroatoms. The van der Waals surface area contributed by atoms with Gasteiger partial charge in [-0.15, -0.1) is 0 Å². The van der Waals surface area contributed by atoms with E-state index in [4.69, 9.17) is 10.2 Å². The summed E-state index contributed by atoms with van der Waals surface area (Å²) in [7, 11) is 3.90. The summed E-state index contributed by atoms with van der Waals surface area (Å²) in [6.07, 6.45) is 9.27. The molecule has 196 valence electrons.